The minimum Gasteiger partial charge on any atom is -0.393 e. The lowest BCUT2D eigenvalue weighted by molar-refractivity contribution is -0.141. The van der Waals surface area contributed by atoms with Crippen LogP contribution in [0.1, 0.15) is 287 Å². The Balaban J connectivity index is 0.000000141. The molecule has 23 heteroatoms. The molecule has 0 radical (unpaired) electrons. The molecule has 4 aliphatic carbocycles. The van der Waals surface area contributed by atoms with Crippen molar-refractivity contribution < 1.29 is 29.7 Å². The maximum Gasteiger partial charge on any atom is 0.239 e. The number of likely N-dealkylation sites (tertiary alicyclic amines) is 5. The molecule has 0 aromatic carbocycles. The van der Waals surface area contributed by atoms with E-state index in [1.807, 2.05) is 18.6 Å². The van der Waals surface area contributed by atoms with Gasteiger partial charge in [-0.05, 0) is 236 Å². The smallest absolute Gasteiger partial charge is 0.239 e. The Morgan fingerprint density at radius 2 is 0.736 bits per heavy atom. The number of aliphatic hydroxyl groups excluding tert-OH is 3. The number of hydrogen-bond acceptors (Lipinski definition) is 17. The molecule has 15 rings (SSSR count). The van der Waals surface area contributed by atoms with E-state index < -0.39 is 0 Å². The predicted molar refractivity (Wildman–Crippen MR) is 421 cm³/mol. The molecule has 23 nitrogen and oxygen atoms in total. The first kappa shape index (κ1) is 77.6. The van der Waals surface area contributed by atoms with Crippen LogP contribution in [0, 0.1) is 11.8 Å². The minimum atomic E-state index is -0.176. The number of aromatic nitrogens is 9. The second-order valence-electron chi connectivity index (χ2n) is 34.0. The van der Waals surface area contributed by atoms with Crippen molar-refractivity contribution in [1.82, 2.24) is 68.1 Å². The first-order valence-electron chi connectivity index (χ1n) is 42.1. The van der Waals surface area contributed by atoms with Crippen LogP contribution in [0.2, 0.25) is 0 Å². The summed E-state index contributed by atoms with van der Waals surface area (Å²) in [4.78, 5) is 78.8. The first-order chi connectivity index (χ1) is 51.4. The van der Waals surface area contributed by atoms with Gasteiger partial charge in [-0.1, -0.05) is 52.9 Å². The fourth-order valence-corrected chi connectivity index (χ4v) is 19.6. The van der Waals surface area contributed by atoms with Gasteiger partial charge in [0.05, 0.1) is 30.3 Å². The molecule has 0 spiro atoms. The highest BCUT2D eigenvalue weighted by Crippen LogP contribution is 2.44. The molecule has 5 aliphatic heterocycles. The van der Waals surface area contributed by atoms with Gasteiger partial charge in [0.2, 0.25) is 35.6 Å². The van der Waals surface area contributed by atoms with Gasteiger partial charge in [-0.25, -0.2) is 15.0 Å². The van der Waals surface area contributed by atoms with Crippen molar-refractivity contribution in [2.75, 3.05) is 88.9 Å². The van der Waals surface area contributed by atoms with Gasteiger partial charge < -0.3 is 64.6 Å². The van der Waals surface area contributed by atoms with Crippen molar-refractivity contribution >= 4 is 68.7 Å². The van der Waals surface area contributed by atoms with Gasteiger partial charge in [-0.2, -0.15) is 15.0 Å². The molecule has 9 aliphatic rings. The van der Waals surface area contributed by atoms with Gasteiger partial charge in [0, 0.05) is 148 Å². The highest BCUT2D eigenvalue weighted by atomic mass is 16.3. The van der Waals surface area contributed by atoms with Gasteiger partial charge in [-0.3, -0.25) is 19.3 Å². The van der Waals surface area contributed by atoms with Crippen LogP contribution in [0.25, 0.3) is 33.1 Å². The van der Waals surface area contributed by atoms with Crippen LogP contribution in [0.3, 0.4) is 0 Å². The summed E-state index contributed by atoms with van der Waals surface area (Å²) in [5.41, 5.74) is 7.04. The number of nitrogens with one attached hydrogen (secondary N) is 3. The van der Waals surface area contributed by atoms with Crippen molar-refractivity contribution in [2.24, 2.45) is 11.8 Å². The topological polar surface area (TPSA) is 256 Å². The molecule has 106 heavy (non-hydrogen) atoms. The van der Waals surface area contributed by atoms with Gasteiger partial charge in [0.1, 0.15) is 16.9 Å². The number of likely N-dealkylation sites (N-methyl/N-ethyl adjacent to an activating group) is 1. The molecule has 582 valence electrons. The lowest BCUT2D eigenvalue weighted by atomic mass is 9.88. The van der Waals surface area contributed by atoms with Gasteiger partial charge in [0.15, 0.2) is 0 Å². The fraction of sp³-hybridized carbons (Fsp3) is 0.747. The van der Waals surface area contributed by atoms with E-state index in [4.69, 9.17) is 29.9 Å². The van der Waals surface area contributed by atoms with Crippen LogP contribution < -0.4 is 16.0 Å². The van der Waals surface area contributed by atoms with Crippen LogP contribution in [0.5, 0.6) is 0 Å². The summed E-state index contributed by atoms with van der Waals surface area (Å²) in [5, 5.41) is 44.1. The van der Waals surface area contributed by atoms with Crippen LogP contribution in [0.4, 0.5) is 17.8 Å². The monoisotopic (exact) mass is 1460 g/mol. The van der Waals surface area contributed by atoms with Crippen LogP contribution in [-0.2, 0) is 14.4 Å². The van der Waals surface area contributed by atoms with E-state index >= 15 is 0 Å². The van der Waals surface area contributed by atoms with Crippen molar-refractivity contribution in [3.8, 4) is 0 Å². The van der Waals surface area contributed by atoms with E-state index in [0.29, 0.717) is 89.6 Å². The Kier molecular flexibility index (Phi) is 26.3. The lowest BCUT2D eigenvalue weighted by Crippen LogP contribution is -2.53. The molecule has 9 fully saturated rings. The Morgan fingerprint density at radius 1 is 0.415 bits per heavy atom. The van der Waals surface area contributed by atoms with Crippen molar-refractivity contribution in [2.45, 2.75) is 313 Å². The Labute approximate surface area is 630 Å². The lowest BCUT2D eigenvalue weighted by Gasteiger charge is -2.40. The first-order valence-corrected chi connectivity index (χ1v) is 42.1. The van der Waals surface area contributed by atoms with E-state index in [9.17, 15) is 29.7 Å². The molecule has 4 atom stereocenters. The average molecular weight is 1460 g/mol. The quantitative estimate of drug-likeness (QED) is 0.0391. The Bertz CT molecular complexity index is 3830. The summed E-state index contributed by atoms with van der Waals surface area (Å²) in [5.74, 6) is 4.87. The molecule has 5 saturated heterocycles. The van der Waals surface area contributed by atoms with Gasteiger partial charge in [-0.15, -0.1) is 0 Å². The van der Waals surface area contributed by atoms with Crippen LogP contribution in [0.15, 0.2) is 37.2 Å². The second-order valence-corrected chi connectivity index (χ2v) is 34.0. The van der Waals surface area contributed by atoms with E-state index in [1.165, 1.54) is 29.5 Å². The molecule has 1 unspecified atom stereocenters. The number of piperidine rings is 3. The number of nitrogens with zero attached hydrogens (tertiary/aromatic N) is 14. The number of hydrogen-bond donors (Lipinski definition) is 6. The third kappa shape index (κ3) is 18.3. The maximum absolute atomic E-state index is 13.1. The van der Waals surface area contributed by atoms with Crippen molar-refractivity contribution in [3.63, 3.8) is 0 Å². The van der Waals surface area contributed by atoms with Crippen molar-refractivity contribution in [1.29, 1.82) is 0 Å². The molecule has 3 amide bonds. The van der Waals surface area contributed by atoms with Gasteiger partial charge >= 0.3 is 0 Å². The van der Waals surface area contributed by atoms with Gasteiger partial charge in [0.25, 0.3) is 0 Å². The number of aliphatic hydroxyl groups is 3. The SMILES string of the molecule is CCC[C@H](C)Nc1ncc2c(C3CCN(C(=O)C4CCCC4)CC3)cn(C3CCC(O)CC3)c2n1.CCC[C@H](C)Nc1ncc2c(C3CCN(C(=O)C4CCCN4C)CC3)cn(C3CCC(O)CC3)c2n1.CCC[C@H](C)Nc1ncc2c(C3CCN(C(=O)C4CN(C)C4)CC3)cn(C3CCC(O)CC3)c2n1. The molecule has 6 N–H and O–H groups in total. The zero-order valence-corrected chi connectivity index (χ0v) is 65.5. The molecule has 6 aromatic heterocycles. The molecular formula is C83H129N17O6. The average Bonchev–Trinajstić information content (AvgIpc) is 1.67. The number of anilines is 3. The summed E-state index contributed by atoms with van der Waals surface area (Å²) in [6.07, 6.45) is 42.8. The normalized spacial score (nSPS) is 26.0. The van der Waals surface area contributed by atoms with Crippen LogP contribution in [-0.4, -0.2) is 217 Å². The Morgan fingerprint density at radius 3 is 1.04 bits per heavy atom. The van der Waals surface area contributed by atoms with E-state index in [1.54, 1.807) is 0 Å². The molecule has 0 bridgehead atoms. The zero-order valence-electron chi connectivity index (χ0n) is 65.5. The fourth-order valence-electron chi connectivity index (χ4n) is 19.6. The number of rotatable bonds is 21. The molecular weight excluding hydrogens is 1330 g/mol. The number of amides is 3. The highest BCUT2D eigenvalue weighted by Gasteiger charge is 2.39. The minimum absolute atomic E-state index is 0.0690. The molecule has 6 aromatic rings. The van der Waals surface area contributed by atoms with E-state index in [2.05, 4.69) is 128 Å². The summed E-state index contributed by atoms with van der Waals surface area (Å²) in [6.45, 7) is 21.0. The summed E-state index contributed by atoms with van der Waals surface area (Å²) >= 11 is 0. The van der Waals surface area contributed by atoms with E-state index in [-0.39, 0.29) is 36.2 Å². The maximum atomic E-state index is 13.1. The molecule has 11 heterocycles. The number of fused-ring (bicyclic) bond motifs is 3. The van der Waals surface area contributed by atoms with Crippen molar-refractivity contribution in [3.05, 3.63) is 53.9 Å². The standard InChI is InChI=1S/C28H44N6O2.C28H43N5O2.C27H42N6O2/c1-4-6-19(2)30-28-29-17-23-24(18-34(26(23)31-28)21-8-10-22(35)11-9-21)20-12-15-33(16-13-20)27(36)25-7-5-14-32(25)3;1-3-6-19(2)30-28-29-17-24-25(18-33(26(24)31-28)22-9-11-23(34)12-10-22)20-13-15-32(16-14-20)27(35)21-7-4-5-8-21;1-4-5-18(2)29-27-28-14-23-24(17-33(25(23)30-27)21-6-8-22(34)9-7-21)19-10-12-32(13-11-19)26(35)20-15-31(3)16-20/h17-22,25,35H,4-16H2,1-3H3,(H,29,30,31);17-23,34H,3-16H2,1-2H3,(H,29,30,31);14,17-22,34H,4-13,15-16H2,1-3H3,(H,28,29,30)/t19-,21?,22?,25?;19-,22?,23?;18-,21?,22?/m000/s1. The predicted octanol–water partition coefficient (Wildman–Crippen LogP) is 13.5. The van der Waals surface area contributed by atoms with E-state index in [0.717, 1.165) is 272 Å². The zero-order chi connectivity index (χ0) is 74.1. The summed E-state index contributed by atoms with van der Waals surface area (Å²) in [7, 11) is 4.15. The largest absolute Gasteiger partial charge is 0.393 e. The highest BCUT2D eigenvalue weighted by molar-refractivity contribution is 5.85. The molecule has 4 saturated carbocycles. The second kappa shape index (κ2) is 35.9. The van der Waals surface area contributed by atoms with Crippen LogP contribution >= 0.6 is 0 Å². The summed E-state index contributed by atoms with van der Waals surface area (Å²) in [6, 6.07) is 2.17. The third-order valence-electron chi connectivity index (χ3n) is 25.9. The Hall–Kier alpha value is -6.53. The third-order valence-corrected chi connectivity index (χ3v) is 25.9. The number of carbonyl (C=O) groups excluding carboxylic acids is 3. The number of carbonyl (C=O) groups is 3. The summed E-state index contributed by atoms with van der Waals surface area (Å²) < 4.78 is 7.12.